The first-order chi connectivity index (χ1) is 4.61. The fraction of sp³-hybridized carbons (Fsp3) is 0. The molecule has 1 rings (SSSR count). The number of carboxylic acids is 1. The molecular formula is C4H4N2O2S2. The normalized spacial score (nSPS) is 9.70. The highest BCUT2D eigenvalue weighted by atomic mass is 32.1. The van der Waals surface area contributed by atoms with Crippen molar-refractivity contribution < 1.29 is 9.90 Å². The van der Waals surface area contributed by atoms with Crippen molar-refractivity contribution in [1.29, 1.82) is 0 Å². The summed E-state index contributed by atoms with van der Waals surface area (Å²) in [6.07, 6.45) is 1.30. The van der Waals surface area contributed by atoms with Crippen LogP contribution in [0.2, 0.25) is 0 Å². The quantitative estimate of drug-likeness (QED) is 0.441. The molecule has 0 atom stereocenters. The van der Waals surface area contributed by atoms with Gasteiger partial charge in [0.2, 0.25) is 0 Å². The van der Waals surface area contributed by atoms with Gasteiger partial charge in [0.1, 0.15) is 10.2 Å². The van der Waals surface area contributed by atoms with Crippen molar-refractivity contribution in [3.8, 4) is 0 Å². The van der Waals surface area contributed by atoms with Crippen molar-refractivity contribution in [3.63, 3.8) is 0 Å². The van der Waals surface area contributed by atoms with Gasteiger partial charge in [-0.1, -0.05) is 12.2 Å². The van der Waals surface area contributed by atoms with Crippen molar-refractivity contribution in [2.75, 3.05) is 0 Å². The summed E-state index contributed by atoms with van der Waals surface area (Å²) in [6, 6.07) is 0. The van der Waals surface area contributed by atoms with Gasteiger partial charge in [-0.15, -0.1) is 0 Å². The first kappa shape index (κ1) is 7.36. The molecule has 0 unspecified atom stereocenters. The van der Waals surface area contributed by atoms with Crippen molar-refractivity contribution in [2.45, 2.75) is 0 Å². The molecule has 0 bridgehead atoms. The number of carboxylic acid groups (broad SMARTS) is 1. The number of thiol groups is 1. The molecule has 0 amide bonds. The van der Waals surface area contributed by atoms with Crippen LogP contribution in [0.1, 0.15) is 10.4 Å². The Labute approximate surface area is 67.0 Å². The summed E-state index contributed by atoms with van der Waals surface area (Å²) in [5.74, 6) is -1.05. The lowest BCUT2D eigenvalue weighted by atomic mass is 10.4. The van der Waals surface area contributed by atoms with Gasteiger partial charge >= 0.3 is 5.97 Å². The van der Waals surface area contributed by atoms with E-state index in [4.69, 9.17) is 5.11 Å². The summed E-state index contributed by atoms with van der Waals surface area (Å²) in [5.41, 5.74) is 0.0602. The van der Waals surface area contributed by atoms with E-state index >= 15 is 0 Å². The fourth-order valence-electron chi connectivity index (χ4n) is 0.530. The number of H-pyrrole nitrogens is 1. The molecule has 4 nitrogen and oxygen atoms in total. The number of nitrogens with one attached hydrogen (secondary N) is 1. The van der Waals surface area contributed by atoms with E-state index in [1.54, 1.807) is 0 Å². The Kier molecular flexibility index (Phi) is 1.82. The molecule has 1 aromatic heterocycles. The summed E-state index contributed by atoms with van der Waals surface area (Å²) < 4.78 is 1.38. The van der Waals surface area contributed by atoms with Crippen LogP contribution in [0, 0.1) is 4.64 Å². The minimum absolute atomic E-state index is 0.0602. The van der Waals surface area contributed by atoms with Gasteiger partial charge in [-0.3, -0.25) is 5.10 Å². The fourth-order valence-corrected chi connectivity index (χ4v) is 1.05. The molecule has 0 saturated carbocycles. The third kappa shape index (κ3) is 1.22. The Morgan fingerprint density at radius 1 is 1.90 bits per heavy atom. The second-order valence-corrected chi connectivity index (χ2v) is 2.47. The molecule has 0 aliphatic heterocycles. The monoisotopic (exact) mass is 176 g/mol. The lowest BCUT2D eigenvalue weighted by Gasteiger charge is -1.81. The molecule has 0 aliphatic carbocycles. The van der Waals surface area contributed by atoms with Crippen LogP contribution in [-0.4, -0.2) is 20.3 Å². The molecule has 6 heteroatoms. The van der Waals surface area contributed by atoms with E-state index in [1.165, 1.54) is 10.3 Å². The number of aromatic carboxylic acids is 1. The van der Waals surface area contributed by atoms with Crippen LogP contribution in [0.15, 0.2) is 6.20 Å². The van der Waals surface area contributed by atoms with Crippen molar-refractivity contribution in [1.82, 2.24) is 9.19 Å². The molecule has 54 valence electrons. The zero-order chi connectivity index (χ0) is 7.72. The Hall–Kier alpha value is -0.750. The van der Waals surface area contributed by atoms with E-state index in [2.05, 4.69) is 30.1 Å². The zero-order valence-corrected chi connectivity index (χ0v) is 6.45. The maximum atomic E-state index is 10.3. The van der Waals surface area contributed by atoms with Gasteiger partial charge in [0.05, 0.1) is 6.20 Å². The molecule has 0 aliphatic rings. The number of hydrogen-bond donors (Lipinski definition) is 3. The first-order valence-electron chi connectivity index (χ1n) is 2.35. The zero-order valence-electron chi connectivity index (χ0n) is 4.74. The van der Waals surface area contributed by atoms with E-state index in [1.807, 2.05) is 0 Å². The third-order valence-corrected chi connectivity index (χ3v) is 1.47. The molecule has 0 aromatic carbocycles. The van der Waals surface area contributed by atoms with Crippen LogP contribution < -0.4 is 0 Å². The summed E-state index contributed by atoms with van der Waals surface area (Å²) in [4.78, 5) is 10.3. The van der Waals surface area contributed by atoms with Crippen LogP contribution in [-0.2, 0) is 0 Å². The molecule has 10 heavy (non-hydrogen) atoms. The van der Waals surface area contributed by atoms with Crippen molar-refractivity contribution in [2.24, 2.45) is 0 Å². The number of nitrogens with zero attached hydrogens (tertiary/aromatic N) is 1. The van der Waals surface area contributed by atoms with E-state index in [0.717, 1.165) is 0 Å². The molecule has 0 radical (unpaired) electrons. The summed E-state index contributed by atoms with van der Waals surface area (Å²) in [6.45, 7) is 0. The predicted octanol–water partition coefficient (Wildman–Crippen LogP) is 0.937. The number of aromatic nitrogens is 2. The van der Waals surface area contributed by atoms with Gasteiger partial charge in [-0.2, -0.15) is 0 Å². The van der Waals surface area contributed by atoms with Crippen LogP contribution >= 0.6 is 25.0 Å². The van der Waals surface area contributed by atoms with Crippen molar-refractivity contribution >= 4 is 31.0 Å². The van der Waals surface area contributed by atoms with Gasteiger partial charge < -0.3 is 5.11 Å². The van der Waals surface area contributed by atoms with E-state index < -0.39 is 5.97 Å². The predicted molar refractivity (Wildman–Crippen MR) is 41.0 cm³/mol. The minimum atomic E-state index is -1.05. The van der Waals surface area contributed by atoms with Crippen LogP contribution in [0.4, 0.5) is 0 Å². The Bertz CT molecular complexity index is 313. The summed E-state index contributed by atoms with van der Waals surface area (Å²) >= 11 is 8.44. The average Bonchev–Trinajstić information content (AvgIpc) is 2.10. The SMILES string of the molecule is O=C(O)c1cn(S)[nH]c1=S. The second kappa shape index (κ2) is 2.47. The summed E-state index contributed by atoms with van der Waals surface area (Å²) in [7, 11) is 0. The number of rotatable bonds is 1. The lowest BCUT2D eigenvalue weighted by Crippen LogP contribution is -1.93. The maximum absolute atomic E-state index is 10.3. The standard InChI is InChI=1S/C4H4N2O2S2/c7-4(8)2-1-6(10)5-3(2)9/h1,10H,(H,5,9)(H,7,8). The molecular weight excluding hydrogens is 172 g/mol. The largest absolute Gasteiger partial charge is 0.478 e. The first-order valence-corrected chi connectivity index (χ1v) is 3.16. The van der Waals surface area contributed by atoms with Crippen molar-refractivity contribution in [3.05, 3.63) is 16.4 Å². The smallest absolute Gasteiger partial charge is 0.340 e. The Morgan fingerprint density at radius 2 is 2.50 bits per heavy atom. The maximum Gasteiger partial charge on any atom is 0.340 e. The molecule has 1 aromatic rings. The Balaban J connectivity index is 3.29. The lowest BCUT2D eigenvalue weighted by molar-refractivity contribution is 0.0696. The van der Waals surface area contributed by atoms with Gasteiger partial charge in [0, 0.05) is 0 Å². The van der Waals surface area contributed by atoms with Crippen LogP contribution in [0.3, 0.4) is 0 Å². The minimum Gasteiger partial charge on any atom is -0.478 e. The molecule has 2 N–H and O–H groups in total. The Morgan fingerprint density at radius 3 is 2.70 bits per heavy atom. The molecule has 0 fully saturated rings. The topological polar surface area (TPSA) is 58.0 Å². The molecule has 0 saturated heterocycles. The second-order valence-electron chi connectivity index (χ2n) is 1.63. The van der Waals surface area contributed by atoms with Gasteiger partial charge in [-0.25, -0.2) is 8.88 Å². The van der Waals surface area contributed by atoms with Gasteiger partial charge in [-0.05, 0) is 12.8 Å². The van der Waals surface area contributed by atoms with E-state index in [-0.39, 0.29) is 10.2 Å². The number of aromatic amines is 1. The third-order valence-electron chi connectivity index (χ3n) is 0.943. The van der Waals surface area contributed by atoms with Crippen LogP contribution in [0.5, 0.6) is 0 Å². The average molecular weight is 176 g/mol. The number of carbonyl (C=O) groups is 1. The van der Waals surface area contributed by atoms with E-state index in [9.17, 15) is 4.79 Å². The molecule has 0 spiro atoms. The highest BCUT2D eigenvalue weighted by Crippen LogP contribution is 2.01. The highest BCUT2D eigenvalue weighted by molar-refractivity contribution is 7.78. The van der Waals surface area contributed by atoms with Gasteiger partial charge in [0.25, 0.3) is 0 Å². The highest BCUT2D eigenvalue weighted by Gasteiger charge is 2.06. The van der Waals surface area contributed by atoms with Crippen LogP contribution in [0.25, 0.3) is 0 Å². The van der Waals surface area contributed by atoms with Gasteiger partial charge in [0.15, 0.2) is 0 Å². The van der Waals surface area contributed by atoms with E-state index in [0.29, 0.717) is 0 Å². The molecule has 1 heterocycles. The number of hydrogen-bond acceptors (Lipinski definition) is 3. The summed E-state index contributed by atoms with van der Waals surface area (Å²) in [5, 5.41) is 10.9.